The van der Waals surface area contributed by atoms with E-state index in [0.29, 0.717) is 16.8 Å². The van der Waals surface area contributed by atoms with Gasteiger partial charge in [0.15, 0.2) is 0 Å². The van der Waals surface area contributed by atoms with Gasteiger partial charge in [-0.25, -0.2) is 13.5 Å². The maximum absolute atomic E-state index is 12.0. The summed E-state index contributed by atoms with van der Waals surface area (Å²) >= 11 is 0. The van der Waals surface area contributed by atoms with E-state index in [4.69, 9.17) is 4.84 Å². The Kier molecular flexibility index (Phi) is 3.80. The molecule has 7 nitrogen and oxygen atoms in total. The Morgan fingerprint density at radius 2 is 1.90 bits per heavy atom. The van der Waals surface area contributed by atoms with Gasteiger partial charge in [0.1, 0.15) is 0 Å². The summed E-state index contributed by atoms with van der Waals surface area (Å²) in [6, 6.07) is 6.18. The minimum atomic E-state index is -3.66. The summed E-state index contributed by atoms with van der Waals surface area (Å²) < 4.78 is 24.8. The van der Waals surface area contributed by atoms with Crippen molar-refractivity contribution in [1.82, 2.24) is 14.7 Å². The fraction of sp³-hybridized carbons (Fsp3) is 0.250. The summed E-state index contributed by atoms with van der Waals surface area (Å²) in [6.07, 6.45) is 0. The van der Waals surface area contributed by atoms with Crippen LogP contribution in [0, 0.1) is 6.92 Å². The molecule has 0 fully saturated rings. The van der Waals surface area contributed by atoms with Crippen LogP contribution in [0.25, 0.3) is 11.3 Å². The van der Waals surface area contributed by atoms with Gasteiger partial charge < -0.3 is 5.11 Å². The van der Waals surface area contributed by atoms with Crippen LogP contribution in [0.5, 0.6) is 5.88 Å². The van der Waals surface area contributed by atoms with E-state index in [1.54, 1.807) is 19.1 Å². The number of hydrogen-bond donors (Lipinski definition) is 2. The molecule has 0 bridgehead atoms. The highest BCUT2D eigenvalue weighted by atomic mass is 32.2. The number of nitrogens with zero attached hydrogens (tertiary/aromatic N) is 2. The van der Waals surface area contributed by atoms with Crippen molar-refractivity contribution in [3.05, 3.63) is 29.8 Å². The Bertz CT molecular complexity index is 707. The lowest BCUT2D eigenvalue weighted by Crippen LogP contribution is -2.25. The first kappa shape index (κ1) is 14.5. The number of sulfonamides is 1. The van der Waals surface area contributed by atoms with E-state index in [2.05, 4.69) is 10.2 Å². The zero-order valence-electron chi connectivity index (χ0n) is 11.3. The molecule has 2 N–H and O–H groups in total. The highest BCUT2D eigenvalue weighted by Gasteiger charge is 2.21. The molecule has 0 aliphatic heterocycles. The van der Waals surface area contributed by atoms with Crippen LogP contribution in [-0.4, -0.2) is 42.3 Å². The topological polar surface area (TPSA) is 95.5 Å². The van der Waals surface area contributed by atoms with Crippen LogP contribution in [-0.2, 0) is 14.9 Å². The third kappa shape index (κ3) is 2.40. The lowest BCUT2D eigenvalue weighted by atomic mass is 10.1. The van der Waals surface area contributed by atoms with Crippen LogP contribution >= 0.6 is 0 Å². The minimum Gasteiger partial charge on any atom is -0.493 e. The number of nitrogens with one attached hydrogen (secondary N) is 1. The van der Waals surface area contributed by atoms with Crippen LogP contribution in [0.1, 0.15) is 5.56 Å². The number of aromatic hydroxyl groups is 1. The van der Waals surface area contributed by atoms with Crippen molar-refractivity contribution in [2.75, 3.05) is 14.2 Å². The fourth-order valence-electron chi connectivity index (χ4n) is 1.70. The molecule has 0 unspecified atom stereocenters. The Labute approximate surface area is 116 Å². The molecule has 2 rings (SSSR count). The predicted molar refractivity (Wildman–Crippen MR) is 72.4 cm³/mol. The van der Waals surface area contributed by atoms with Crippen molar-refractivity contribution in [2.45, 2.75) is 11.8 Å². The number of hydrogen-bond acceptors (Lipinski definition) is 5. The van der Waals surface area contributed by atoms with Crippen molar-refractivity contribution in [1.29, 1.82) is 0 Å². The fourth-order valence-corrected chi connectivity index (χ4v) is 2.67. The van der Waals surface area contributed by atoms with Gasteiger partial charge in [0.2, 0.25) is 5.88 Å². The molecule has 20 heavy (non-hydrogen) atoms. The third-order valence-corrected chi connectivity index (χ3v) is 4.70. The van der Waals surface area contributed by atoms with Gasteiger partial charge in [-0.2, -0.15) is 5.10 Å². The van der Waals surface area contributed by atoms with Gasteiger partial charge in [-0.15, -0.1) is 0 Å². The quantitative estimate of drug-likeness (QED) is 0.829. The van der Waals surface area contributed by atoms with Gasteiger partial charge in [-0.1, -0.05) is 16.6 Å². The molecule has 1 aromatic heterocycles. The van der Waals surface area contributed by atoms with E-state index in [-0.39, 0.29) is 10.8 Å². The van der Waals surface area contributed by atoms with Crippen molar-refractivity contribution >= 4 is 10.0 Å². The van der Waals surface area contributed by atoms with Gasteiger partial charge >= 0.3 is 0 Å². The van der Waals surface area contributed by atoms with Gasteiger partial charge in [-0.3, -0.25) is 4.84 Å². The molecule has 1 heterocycles. The molecule has 0 saturated heterocycles. The number of hydroxylamine groups is 1. The SMILES string of the molecule is CON(C)S(=O)(=O)c1ccc(-c2n[nH]c(O)c2C)cc1. The number of aromatic nitrogens is 2. The van der Waals surface area contributed by atoms with Crippen LogP contribution in [0.2, 0.25) is 0 Å². The van der Waals surface area contributed by atoms with Crippen LogP contribution in [0.4, 0.5) is 0 Å². The molecule has 0 amide bonds. The molecule has 0 atom stereocenters. The van der Waals surface area contributed by atoms with E-state index in [1.807, 2.05) is 0 Å². The molecule has 0 aliphatic rings. The number of aromatic amines is 1. The second-order valence-corrected chi connectivity index (χ2v) is 6.10. The largest absolute Gasteiger partial charge is 0.493 e. The normalized spacial score (nSPS) is 12.0. The predicted octanol–water partition coefficient (Wildman–Crippen LogP) is 1.27. The number of benzene rings is 1. The average Bonchev–Trinajstić information content (AvgIpc) is 2.78. The highest BCUT2D eigenvalue weighted by Crippen LogP contribution is 2.27. The lowest BCUT2D eigenvalue weighted by molar-refractivity contribution is -0.0258. The maximum atomic E-state index is 12.0. The lowest BCUT2D eigenvalue weighted by Gasteiger charge is -2.14. The average molecular weight is 297 g/mol. The molecule has 1 aromatic carbocycles. The van der Waals surface area contributed by atoms with Crippen LogP contribution < -0.4 is 0 Å². The van der Waals surface area contributed by atoms with Crippen LogP contribution in [0.3, 0.4) is 0 Å². The second kappa shape index (κ2) is 5.23. The van der Waals surface area contributed by atoms with Crippen molar-refractivity contribution < 1.29 is 18.4 Å². The zero-order chi connectivity index (χ0) is 14.9. The summed E-state index contributed by atoms with van der Waals surface area (Å²) in [7, 11) is -1.06. The molecule has 2 aromatic rings. The molecule has 0 radical (unpaired) electrons. The molecule has 8 heteroatoms. The first-order chi connectivity index (χ1) is 9.37. The van der Waals surface area contributed by atoms with Crippen molar-refractivity contribution in [3.8, 4) is 17.1 Å². The maximum Gasteiger partial charge on any atom is 0.264 e. The van der Waals surface area contributed by atoms with E-state index in [1.165, 1.54) is 26.3 Å². The van der Waals surface area contributed by atoms with E-state index >= 15 is 0 Å². The summed E-state index contributed by atoms with van der Waals surface area (Å²) in [5.41, 5.74) is 1.89. The third-order valence-electron chi connectivity index (χ3n) is 3.01. The number of rotatable bonds is 4. The van der Waals surface area contributed by atoms with Crippen molar-refractivity contribution in [3.63, 3.8) is 0 Å². The Morgan fingerprint density at radius 3 is 2.35 bits per heavy atom. The second-order valence-electron chi connectivity index (χ2n) is 4.17. The van der Waals surface area contributed by atoms with Gasteiger partial charge in [-0.05, 0) is 19.1 Å². The summed E-state index contributed by atoms with van der Waals surface area (Å²) in [4.78, 5) is 4.82. The van der Waals surface area contributed by atoms with Crippen LogP contribution in [0.15, 0.2) is 29.2 Å². The molecular formula is C12H15N3O4S. The highest BCUT2D eigenvalue weighted by molar-refractivity contribution is 7.89. The Hall–Kier alpha value is -1.90. The first-order valence-electron chi connectivity index (χ1n) is 5.75. The van der Waals surface area contributed by atoms with E-state index in [0.717, 1.165) is 4.47 Å². The standard InChI is InChI=1S/C12H15N3O4S/c1-8-11(13-14-12(8)16)9-4-6-10(7-5-9)20(17,18)15(2)19-3/h4-7H,1-3H3,(H2,13,14,16). The zero-order valence-corrected chi connectivity index (χ0v) is 12.1. The monoisotopic (exact) mass is 297 g/mol. The minimum absolute atomic E-state index is 0.00388. The van der Waals surface area contributed by atoms with Gasteiger partial charge in [0.25, 0.3) is 10.0 Å². The first-order valence-corrected chi connectivity index (χ1v) is 7.19. The summed E-state index contributed by atoms with van der Waals surface area (Å²) in [5.74, 6) is -0.00388. The molecule has 0 saturated carbocycles. The summed E-state index contributed by atoms with van der Waals surface area (Å²) in [6.45, 7) is 1.72. The number of H-pyrrole nitrogens is 1. The Morgan fingerprint density at radius 1 is 1.30 bits per heavy atom. The molecule has 0 aliphatic carbocycles. The summed E-state index contributed by atoms with van der Waals surface area (Å²) in [5, 5.41) is 15.9. The van der Waals surface area contributed by atoms with E-state index < -0.39 is 10.0 Å². The smallest absolute Gasteiger partial charge is 0.264 e. The van der Waals surface area contributed by atoms with Gasteiger partial charge in [0.05, 0.1) is 17.7 Å². The molecule has 0 spiro atoms. The molecule has 108 valence electrons. The van der Waals surface area contributed by atoms with E-state index in [9.17, 15) is 13.5 Å². The Balaban J connectivity index is 2.39. The van der Waals surface area contributed by atoms with Crippen molar-refractivity contribution in [2.24, 2.45) is 0 Å². The molecular weight excluding hydrogens is 282 g/mol. The van der Waals surface area contributed by atoms with Gasteiger partial charge in [0, 0.05) is 18.2 Å².